The highest BCUT2D eigenvalue weighted by molar-refractivity contribution is 5.97. The molecule has 0 amide bonds. The number of aryl methyl sites for hydroxylation is 3. The number of fused-ring (bicyclic) bond motifs is 1. The first-order valence-electron chi connectivity index (χ1n) is 7.48. The average molecular weight is 280 g/mol. The fraction of sp³-hybridized carbons (Fsp3) is 0.316. The van der Waals surface area contributed by atoms with Gasteiger partial charge in [0.1, 0.15) is 5.75 Å². The number of hydrogen-bond acceptors (Lipinski definition) is 2. The van der Waals surface area contributed by atoms with Crippen LogP contribution in [-0.4, -0.2) is 12.4 Å². The predicted molar refractivity (Wildman–Crippen MR) is 84.2 cm³/mol. The minimum atomic E-state index is 0.173. The quantitative estimate of drug-likeness (QED) is 0.793. The van der Waals surface area contributed by atoms with Crippen LogP contribution in [0.25, 0.3) is 0 Å². The monoisotopic (exact) mass is 280 g/mol. The molecule has 2 heteroatoms. The van der Waals surface area contributed by atoms with Crippen LogP contribution in [0, 0.1) is 13.8 Å². The van der Waals surface area contributed by atoms with Gasteiger partial charge in [-0.05, 0) is 67.1 Å². The van der Waals surface area contributed by atoms with Crippen molar-refractivity contribution in [1.82, 2.24) is 0 Å². The fourth-order valence-corrected chi connectivity index (χ4v) is 2.73. The molecule has 0 saturated carbocycles. The second kappa shape index (κ2) is 5.72. The number of carbonyl (C=O) groups excluding carboxylic acids is 1. The summed E-state index contributed by atoms with van der Waals surface area (Å²) in [6.45, 7) is 4.95. The lowest BCUT2D eigenvalue weighted by atomic mass is 9.97. The molecule has 0 saturated heterocycles. The summed E-state index contributed by atoms with van der Waals surface area (Å²) >= 11 is 0. The highest BCUT2D eigenvalue weighted by Crippen LogP contribution is 2.26. The van der Waals surface area contributed by atoms with Gasteiger partial charge in [0.15, 0.2) is 5.78 Å². The zero-order valence-electron chi connectivity index (χ0n) is 12.6. The minimum absolute atomic E-state index is 0.173. The second-order valence-electron chi connectivity index (χ2n) is 5.79. The molecule has 0 atom stereocenters. The Balaban J connectivity index is 1.80. The van der Waals surface area contributed by atoms with Gasteiger partial charge in [-0.2, -0.15) is 0 Å². The second-order valence-corrected chi connectivity index (χ2v) is 5.79. The molecule has 0 unspecified atom stereocenters. The van der Waals surface area contributed by atoms with Gasteiger partial charge >= 0.3 is 0 Å². The molecule has 0 bridgehead atoms. The van der Waals surface area contributed by atoms with Crippen molar-refractivity contribution in [2.24, 2.45) is 0 Å². The van der Waals surface area contributed by atoms with Crippen LogP contribution in [0.4, 0.5) is 0 Å². The van der Waals surface area contributed by atoms with E-state index in [0.717, 1.165) is 41.9 Å². The van der Waals surface area contributed by atoms with Crippen molar-refractivity contribution in [3.63, 3.8) is 0 Å². The summed E-state index contributed by atoms with van der Waals surface area (Å²) in [6, 6.07) is 12.0. The maximum absolute atomic E-state index is 12.5. The summed E-state index contributed by atoms with van der Waals surface area (Å²) in [5, 5.41) is 0. The molecule has 3 rings (SSSR count). The lowest BCUT2D eigenvalue weighted by Crippen LogP contribution is -2.10. The molecule has 2 aromatic carbocycles. The average Bonchev–Trinajstić information content (AvgIpc) is 2.50. The van der Waals surface area contributed by atoms with Gasteiger partial charge in [-0.15, -0.1) is 0 Å². The number of benzene rings is 2. The summed E-state index contributed by atoms with van der Waals surface area (Å²) in [5.41, 5.74) is 5.53. The molecule has 0 aliphatic carbocycles. The van der Waals surface area contributed by atoms with Crippen LogP contribution < -0.4 is 4.74 Å². The molecule has 0 aromatic heterocycles. The third kappa shape index (κ3) is 2.99. The first-order chi connectivity index (χ1) is 10.1. The Morgan fingerprint density at radius 2 is 1.95 bits per heavy atom. The van der Waals surface area contributed by atoms with Crippen molar-refractivity contribution < 1.29 is 9.53 Å². The first kappa shape index (κ1) is 13.9. The minimum Gasteiger partial charge on any atom is -0.493 e. The van der Waals surface area contributed by atoms with Crippen LogP contribution in [0.2, 0.25) is 0 Å². The van der Waals surface area contributed by atoms with E-state index in [2.05, 4.69) is 26.0 Å². The summed E-state index contributed by atoms with van der Waals surface area (Å²) < 4.78 is 5.59. The van der Waals surface area contributed by atoms with Gasteiger partial charge in [0.05, 0.1) is 6.61 Å². The zero-order valence-corrected chi connectivity index (χ0v) is 12.6. The topological polar surface area (TPSA) is 26.3 Å². The van der Waals surface area contributed by atoms with Gasteiger partial charge in [0.25, 0.3) is 0 Å². The van der Waals surface area contributed by atoms with Crippen molar-refractivity contribution in [2.75, 3.05) is 6.61 Å². The number of ketones is 1. The molecule has 0 spiro atoms. The first-order valence-corrected chi connectivity index (χ1v) is 7.48. The lowest BCUT2D eigenvalue weighted by molar-refractivity contribution is 0.0992. The summed E-state index contributed by atoms with van der Waals surface area (Å²) in [6.07, 6.45) is 2.49. The van der Waals surface area contributed by atoms with Crippen molar-refractivity contribution in [3.8, 4) is 5.75 Å². The molecule has 0 fully saturated rings. The van der Waals surface area contributed by atoms with Crippen LogP contribution in [0.15, 0.2) is 36.4 Å². The van der Waals surface area contributed by atoms with E-state index in [-0.39, 0.29) is 5.78 Å². The Bertz CT molecular complexity index is 686. The molecule has 2 nitrogen and oxygen atoms in total. The van der Waals surface area contributed by atoms with Gasteiger partial charge in [-0.25, -0.2) is 0 Å². The Morgan fingerprint density at radius 1 is 1.10 bits per heavy atom. The number of carbonyl (C=O) groups is 1. The predicted octanol–water partition coefficient (Wildman–Crippen LogP) is 4.05. The van der Waals surface area contributed by atoms with Crippen LogP contribution in [0.1, 0.15) is 39.0 Å². The van der Waals surface area contributed by atoms with E-state index in [1.165, 1.54) is 11.1 Å². The largest absolute Gasteiger partial charge is 0.493 e. The van der Waals surface area contributed by atoms with E-state index >= 15 is 0 Å². The van der Waals surface area contributed by atoms with Crippen LogP contribution in [0.5, 0.6) is 5.75 Å². The van der Waals surface area contributed by atoms with E-state index in [1.807, 2.05) is 24.3 Å². The third-order valence-corrected chi connectivity index (χ3v) is 4.17. The molecule has 0 radical (unpaired) electrons. The molecule has 1 aliphatic rings. The van der Waals surface area contributed by atoms with Crippen molar-refractivity contribution in [3.05, 3.63) is 64.2 Å². The van der Waals surface area contributed by atoms with Gasteiger partial charge in [0.2, 0.25) is 0 Å². The molecule has 2 aromatic rings. The van der Waals surface area contributed by atoms with E-state index in [0.29, 0.717) is 6.42 Å². The number of rotatable bonds is 3. The molecule has 108 valence electrons. The van der Waals surface area contributed by atoms with E-state index < -0.39 is 0 Å². The van der Waals surface area contributed by atoms with Crippen molar-refractivity contribution >= 4 is 5.78 Å². The number of hydrogen-bond donors (Lipinski definition) is 0. The maximum Gasteiger partial charge on any atom is 0.167 e. The molecule has 1 aliphatic heterocycles. The fourth-order valence-electron chi connectivity index (χ4n) is 2.73. The standard InChI is InChI=1S/C19H20O2/c1-13-5-6-15(10-14(13)2)11-18(20)16-7-8-19-17(12-16)4-3-9-21-19/h5-8,10,12H,3-4,9,11H2,1-2H3. The SMILES string of the molecule is Cc1ccc(CC(=O)c2ccc3c(c2)CCCO3)cc1C. The number of Topliss-reactive ketones (excluding diaryl/α,β-unsaturated/α-hetero) is 1. The Labute approximate surface area is 125 Å². The van der Waals surface area contributed by atoms with Gasteiger partial charge in [-0.1, -0.05) is 18.2 Å². The van der Waals surface area contributed by atoms with Gasteiger partial charge in [0, 0.05) is 12.0 Å². The van der Waals surface area contributed by atoms with Gasteiger partial charge in [-0.3, -0.25) is 4.79 Å². The van der Waals surface area contributed by atoms with Gasteiger partial charge < -0.3 is 4.74 Å². The van der Waals surface area contributed by atoms with E-state index in [4.69, 9.17) is 4.74 Å². The highest BCUT2D eigenvalue weighted by Gasteiger charge is 2.14. The molecular formula is C19H20O2. The summed E-state index contributed by atoms with van der Waals surface area (Å²) in [7, 11) is 0. The van der Waals surface area contributed by atoms with Crippen LogP contribution >= 0.6 is 0 Å². The maximum atomic E-state index is 12.5. The smallest absolute Gasteiger partial charge is 0.167 e. The van der Waals surface area contributed by atoms with Crippen molar-refractivity contribution in [1.29, 1.82) is 0 Å². The Kier molecular flexibility index (Phi) is 3.78. The third-order valence-electron chi connectivity index (χ3n) is 4.17. The van der Waals surface area contributed by atoms with Crippen LogP contribution in [-0.2, 0) is 12.8 Å². The molecule has 21 heavy (non-hydrogen) atoms. The molecule has 0 N–H and O–H groups in total. The van der Waals surface area contributed by atoms with Crippen molar-refractivity contribution in [2.45, 2.75) is 33.1 Å². The Morgan fingerprint density at radius 3 is 2.76 bits per heavy atom. The summed E-state index contributed by atoms with van der Waals surface area (Å²) in [4.78, 5) is 12.5. The number of ether oxygens (including phenoxy) is 1. The summed E-state index contributed by atoms with van der Waals surface area (Å²) in [5.74, 6) is 1.11. The molecule has 1 heterocycles. The molecular weight excluding hydrogens is 260 g/mol. The van der Waals surface area contributed by atoms with Crippen LogP contribution in [0.3, 0.4) is 0 Å². The highest BCUT2D eigenvalue weighted by atomic mass is 16.5. The Hall–Kier alpha value is -2.09. The van der Waals surface area contributed by atoms with E-state index in [9.17, 15) is 4.79 Å². The lowest BCUT2D eigenvalue weighted by Gasteiger charge is -2.17. The zero-order chi connectivity index (χ0) is 14.8. The van der Waals surface area contributed by atoms with E-state index in [1.54, 1.807) is 0 Å². The normalized spacial score (nSPS) is 13.4.